The number of anilines is 2. The van der Waals surface area contributed by atoms with Crippen LogP contribution < -0.4 is 9.62 Å². The van der Waals surface area contributed by atoms with Crippen molar-refractivity contribution < 1.29 is 12.8 Å². The maximum Gasteiger partial charge on any atom is 0.261 e. The highest BCUT2D eigenvalue weighted by Crippen LogP contribution is 2.31. The highest BCUT2D eigenvalue weighted by molar-refractivity contribution is 7.92. The molecule has 0 radical (unpaired) electrons. The average Bonchev–Trinajstić information content (AvgIpc) is 3.02. The second-order valence-corrected chi connectivity index (χ2v) is 6.96. The molecule has 1 N–H and O–H groups in total. The SMILES string of the molecule is O=S(=O)(Nc1cc(F)ccc1N1CCCC1)c1ccccc1. The lowest BCUT2D eigenvalue weighted by molar-refractivity contribution is 0.601. The van der Waals surface area contributed by atoms with Crippen LogP contribution in [0.5, 0.6) is 0 Å². The molecular weight excluding hydrogens is 303 g/mol. The highest BCUT2D eigenvalue weighted by atomic mass is 32.2. The lowest BCUT2D eigenvalue weighted by Crippen LogP contribution is -2.21. The summed E-state index contributed by atoms with van der Waals surface area (Å²) >= 11 is 0. The largest absolute Gasteiger partial charge is 0.370 e. The lowest BCUT2D eigenvalue weighted by atomic mass is 10.2. The van der Waals surface area contributed by atoms with Gasteiger partial charge in [-0.25, -0.2) is 12.8 Å². The van der Waals surface area contributed by atoms with Crippen LogP contribution in [0.25, 0.3) is 0 Å². The molecule has 6 heteroatoms. The van der Waals surface area contributed by atoms with Gasteiger partial charge in [0.15, 0.2) is 0 Å². The van der Waals surface area contributed by atoms with Gasteiger partial charge in [0.25, 0.3) is 10.0 Å². The molecule has 1 fully saturated rings. The van der Waals surface area contributed by atoms with Crippen LogP contribution in [0.2, 0.25) is 0 Å². The van der Waals surface area contributed by atoms with Crippen molar-refractivity contribution >= 4 is 21.4 Å². The molecule has 0 atom stereocenters. The first-order valence-corrected chi connectivity index (χ1v) is 8.67. The molecule has 0 aromatic heterocycles. The Labute approximate surface area is 129 Å². The minimum Gasteiger partial charge on any atom is -0.370 e. The number of rotatable bonds is 4. The van der Waals surface area contributed by atoms with Crippen LogP contribution in [0.4, 0.5) is 15.8 Å². The first kappa shape index (κ1) is 14.8. The Morgan fingerprint density at radius 2 is 1.68 bits per heavy atom. The van der Waals surface area contributed by atoms with Crippen molar-refractivity contribution in [2.45, 2.75) is 17.7 Å². The molecule has 0 amide bonds. The fraction of sp³-hybridized carbons (Fsp3) is 0.250. The molecule has 0 aliphatic carbocycles. The number of nitrogens with zero attached hydrogens (tertiary/aromatic N) is 1. The van der Waals surface area contributed by atoms with E-state index in [-0.39, 0.29) is 10.6 Å². The number of nitrogens with one attached hydrogen (secondary N) is 1. The molecule has 1 aliphatic rings. The van der Waals surface area contributed by atoms with E-state index in [4.69, 9.17) is 0 Å². The number of hydrogen-bond acceptors (Lipinski definition) is 3. The van der Waals surface area contributed by atoms with E-state index >= 15 is 0 Å². The summed E-state index contributed by atoms with van der Waals surface area (Å²) in [5.74, 6) is -0.464. The zero-order valence-corrected chi connectivity index (χ0v) is 12.8. The molecule has 22 heavy (non-hydrogen) atoms. The van der Waals surface area contributed by atoms with Crippen molar-refractivity contribution in [2.24, 2.45) is 0 Å². The van der Waals surface area contributed by atoms with Crippen LogP contribution in [0.15, 0.2) is 53.4 Å². The third kappa shape index (κ3) is 3.06. The van der Waals surface area contributed by atoms with Gasteiger partial charge in [-0.15, -0.1) is 0 Å². The van der Waals surface area contributed by atoms with Crippen LogP contribution >= 0.6 is 0 Å². The molecule has 116 valence electrons. The van der Waals surface area contributed by atoms with E-state index in [1.54, 1.807) is 24.3 Å². The maximum absolute atomic E-state index is 13.6. The van der Waals surface area contributed by atoms with Gasteiger partial charge in [0.2, 0.25) is 0 Å². The molecule has 3 rings (SSSR count). The third-order valence-corrected chi connectivity index (χ3v) is 5.08. The molecule has 1 saturated heterocycles. The summed E-state index contributed by atoms with van der Waals surface area (Å²) in [6.07, 6.45) is 2.12. The van der Waals surface area contributed by atoms with Gasteiger partial charge in [0, 0.05) is 19.2 Å². The maximum atomic E-state index is 13.6. The van der Waals surface area contributed by atoms with Gasteiger partial charge >= 0.3 is 0 Å². The van der Waals surface area contributed by atoms with Gasteiger partial charge < -0.3 is 4.90 Å². The Kier molecular flexibility index (Phi) is 4.02. The van der Waals surface area contributed by atoms with Crippen LogP contribution in [0.1, 0.15) is 12.8 Å². The summed E-state index contributed by atoms with van der Waals surface area (Å²) in [7, 11) is -3.73. The monoisotopic (exact) mass is 320 g/mol. The average molecular weight is 320 g/mol. The number of benzene rings is 2. The first-order chi connectivity index (χ1) is 10.6. The second-order valence-electron chi connectivity index (χ2n) is 5.27. The van der Waals surface area contributed by atoms with E-state index in [0.717, 1.165) is 31.6 Å². The molecule has 1 heterocycles. The van der Waals surface area contributed by atoms with Gasteiger partial charge in [-0.2, -0.15) is 0 Å². The van der Waals surface area contributed by atoms with E-state index < -0.39 is 15.8 Å². The standard InChI is InChI=1S/C16H17FN2O2S/c17-13-8-9-16(19-10-4-5-11-19)15(12-13)18-22(20,21)14-6-2-1-3-7-14/h1-3,6-9,12,18H,4-5,10-11H2. The number of hydrogen-bond donors (Lipinski definition) is 1. The first-order valence-electron chi connectivity index (χ1n) is 7.19. The fourth-order valence-electron chi connectivity index (χ4n) is 2.63. The van der Waals surface area contributed by atoms with Crippen LogP contribution in [0, 0.1) is 5.82 Å². The predicted octanol–water partition coefficient (Wildman–Crippen LogP) is 3.23. The van der Waals surface area contributed by atoms with E-state index in [9.17, 15) is 12.8 Å². The Hall–Kier alpha value is -2.08. The van der Waals surface area contributed by atoms with Crippen molar-refractivity contribution in [3.8, 4) is 0 Å². The van der Waals surface area contributed by atoms with Crippen LogP contribution in [-0.2, 0) is 10.0 Å². The molecule has 2 aromatic rings. The van der Waals surface area contributed by atoms with Crippen molar-refractivity contribution in [3.05, 3.63) is 54.3 Å². The Balaban J connectivity index is 1.96. The molecule has 0 unspecified atom stereocenters. The summed E-state index contributed by atoms with van der Waals surface area (Å²) in [6, 6.07) is 12.3. The zero-order chi connectivity index (χ0) is 15.6. The zero-order valence-electron chi connectivity index (χ0n) is 12.0. The molecule has 1 aliphatic heterocycles. The summed E-state index contributed by atoms with van der Waals surface area (Å²) in [5.41, 5.74) is 1.00. The summed E-state index contributed by atoms with van der Waals surface area (Å²) in [5, 5.41) is 0. The summed E-state index contributed by atoms with van der Waals surface area (Å²) < 4.78 is 40.9. The van der Waals surface area contributed by atoms with Gasteiger partial charge in [-0.05, 0) is 37.1 Å². The van der Waals surface area contributed by atoms with E-state index in [2.05, 4.69) is 9.62 Å². The molecular formula is C16H17FN2O2S. The van der Waals surface area contributed by atoms with Gasteiger partial charge in [0.1, 0.15) is 5.82 Å². The normalized spacial score (nSPS) is 15.0. The van der Waals surface area contributed by atoms with Crippen LogP contribution in [0.3, 0.4) is 0 Å². The van der Waals surface area contributed by atoms with Crippen molar-refractivity contribution in [1.29, 1.82) is 0 Å². The second kappa shape index (κ2) is 5.96. The minimum absolute atomic E-state index is 0.159. The van der Waals surface area contributed by atoms with E-state index in [1.807, 2.05) is 0 Å². The van der Waals surface area contributed by atoms with Gasteiger partial charge in [0.05, 0.1) is 16.3 Å². The van der Waals surface area contributed by atoms with Gasteiger partial charge in [-0.3, -0.25) is 4.72 Å². The van der Waals surface area contributed by atoms with Gasteiger partial charge in [-0.1, -0.05) is 18.2 Å². The van der Waals surface area contributed by atoms with Crippen molar-refractivity contribution in [2.75, 3.05) is 22.7 Å². The topological polar surface area (TPSA) is 49.4 Å². The summed E-state index contributed by atoms with van der Waals surface area (Å²) in [4.78, 5) is 2.23. The Bertz CT molecular complexity index is 757. The van der Waals surface area contributed by atoms with E-state index in [0.29, 0.717) is 0 Å². The fourth-order valence-corrected chi connectivity index (χ4v) is 3.71. The van der Waals surface area contributed by atoms with Crippen LogP contribution in [-0.4, -0.2) is 21.5 Å². The van der Waals surface area contributed by atoms with Crippen molar-refractivity contribution in [3.63, 3.8) is 0 Å². The molecule has 4 nitrogen and oxygen atoms in total. The summed E-state index contributed by atoms with van der Waals surface area (Å²) in [6.45, 7) is 1.71. The van der Waals surface area contributed by atoms with E-state index in [1.165, 1.54) is 24.3 Å². The smallest absolute Gasteiger partial charge is 0.261 e. The molecule has 0 spiro atoms. The Morgan fingerprint density at radius 3 is 2.36 bits per heavy atom. The van der Waals surface area contributed by atoms with Crippen molar-refractivity contribution in [1.82, 2.24) is 0 Å². The Morgan fingerprint density at radius 1 is 1.00 bits per heavy atom. The lowest BCUT2D eigenvalue weighted by Gasteiger charge is -2.22. The third-order valence-electron chi connectivity index (χ3n) is 3.70. The predicted molar refractivity (Wildman–Crippen MR) is 85.1 cm³/mol. The quantitative estimate of drug-likeness (QED) is 0.941. The molecule has 0 bridgehead atoms. The minimum atomic E-state index is -3.73. The number of halogens is 1. The highest BCUT2D eigenvalue weighted by Gasteiger charge is 2.20. The molecule has 2 aromatic carbocycles. The number of sulfonamides is 1. The molecule has 0 saturated carbocycles.